The van der Waals surface area contributed by atoms with E-state index in [1.807, 2.05) is 19.1 Å². The first-order chi connectivity index (χ1) is 12.4. The molecule has 26 heavy (non-hydrogen) atoms. The summed E-state index contributed by atoms with van der Waals surface area (Å²) in [6, 6.07) is 12.9. The van der Waals surface area contributed by atoms with Gasteiger partial charge in [0.05, 0.1) is 4.92 Å². The molecule has 0 aliphatic rings. The van der Waals surface area contributed by atoms with Gasteiger partial charge < -0.3 is 4.74 Å². The molecule has 2 aromatic rings. The van der Waals surface area contributed by atoms with Crippen molar-refractivity contribution in [3.63, 3.8) is 0 Å². The molecule has 1 unspecified atom stereocenters. The number of hydrogen-bond acceptors (Lipinski definition) is 5. The number of carbonyl (C=O) groups excluding carboxylic acids is 2. The molecule has 0 bridgehead atoms. The molecule has 0 heterocycles. The van der Waals surface area contributed by atoms with Crippen molar-refractivity contribution < 1.29 is 19.2 Å². The zero-order valence-electron chi connectivity index (χ0n) is 14.5. The number of nitro groups is 1. The molecule has 6 heteroatoms. The number of ether oxygens (including phenoxy) is 1. The fraction of sp³-hybridized carbons (Fsp3) is 0.200. The number of benzene rings is 2. The monoisotopic (exact) mass is 353 g/mol. The van der Waals surface area contributed by atoms with Crippen LogP contribution >= 0.6 is 0 Å². The Morgan fingerprint density at radius 1 is 1.12 bits per heavy atom. The predicted molar refractivity (Wildman–Crippen MR) is 97.8 cm³/mol. The summed E-state index contributed by atoms with van der Waals surface area (Å²) in [6.07, 6.45) is 2.63. The number of hydrogen-bond donors (Lipinski definition) is 0. The smallest absolute Gasteiger partial charge is 0.331 e. The van der Waals surface area contributed by atoms with Gasteiger partial charge in [0, 0.05) is 23.8 Å². The predicted octanol–water partition coefficient (Wildman–Crippen LogP) is 3.99. The minimum Gasteiger partial charge on any atom is -0.451 e. The van der Waals surface area contributed by atoms with Gasteiger partial charge in [0.2, 0.25) is 5.78 Å². The molecule has 134 valence electrons. The largest absolute Gasteiger partial charge is 0.451 e. The third-order valence-electron chi connectivity index (χ3n) is 3.82. The molecule has 0 aliphatic carbocycles. The number of nitrogens with zero attached hydrogens (tertiary/aromatic N) is 1. The molecular formula is C20H19NO5. The SMILES string of the molecule is CCc1ccc(C(=O)C(C)OC(=O)C=Cc2ccc([N+](=O)[O-])cc2)cc1. The maximum absolute atomic E-state index is 12.3. The number of ketones is 1. The number of rotatable bonds is 7. The second kappa shape index (κ2) is 8.71. The van der Waals surface area contributed by atoms with Crippen molar-refractivity contribution in [2.45, 2.75) is 26.4 Å². The lowest BCUT2D eigenvalue weighted by Gasteiger charge is -2.11. The van der Waals surface area contributed by atoms with Crippen LogP contribution in [0.25, 0.3) is 6.08 Å². The molecule has 0 radical (unpaired) electrons. The topological polar surface area (TPSA) is 86.5 Å². The van der Waals surface area contributed by atoms with E-state index in [0.29, 0.717) is 11.1 Å². The Bertz CT molecular complexity index is 822. The van der Waals surface area contributed by atoms with Crippen molar-refractivity contribution in [3.8, 4) is 0 Å². The van der Waals surface area contributed by atoms with Gasteiger partial charge in [0.1, 0.15) is 0 Å². The number of aryl methyl sites for hydroxylation is 1. The van der Waals surface area contributed by atoms with Crippen LogP contribution in [-0.4, -0.2) is 22.8 Å². The van der Waals surface area contributed by atoms with Gasteiger partial charge in [-0.2, -0.15) is 0 Å². The summed E-state index contributed by atoms with van der Waals surface area (Å²) in [5.41, 5.74) is 2.19. The van der Waals surface area contributed by atoms with Crippen molar-refractivity contribution in [2.75, 3.05) is 0 Å². The molecule has 0 amide bonds. The Morgan fingerprint density at radius 3 is 2.27 bits per heavy atom. The highest BCUT2D eigenvalue weighted by molar-refractivity contribution is 6.01. The first kappa shape index (κ1) is 19.1. The first-order valence-electron chi connectivity index (χ1n) is 8.17. The van der Waals surface area contributed by atoms with Crippen molar-refractivity contribution in [1.29, 1.82) is 0 Å². The van der Waals surface area contributed by atoms with Crippen LogP contribution in [0.4, 0.5) is 5.69 Å². The molecular weight excluding hydrogens is 334 g/mol. The van der Waals surface area contributed by atoms with Crippen LogP contribution in [0.3, 0.4) is 0 Å². The van der Waals surface area contributed by atoms with Crippen LogP contribution in [0.2, 0.25) is 0 Å². The van der Waals surface area contributed by atoms with E-state index in [0.717, 1.165) is 12.0 Å². The van der Waals surface area contributed by atoms with E-state index < -0.39 is 17.0 Å². The van der Waals surface area contributed by atoms with E-state index in [1.54, 1.807) is 12.1 Å². The molecule has 0 aliphatic heterocycles. The van der Waals surface area contributed by atoms with Crippen LogP contribution in [-0.2, 0) is 16.0 Å². The second-order valence-electron chi connectivity index (χ2n) is 5.68. The second-order valence-corrected chi connectivity index (χ2v) is 5.68. The minimum absolute atomic E-state index is 0.0296. The number of carbonyl (C=O) groups is 2. The molecule has 0 fully saturated rings. The van der Waals surface area contributed by atoms with Crippen molar-refractivity contribution >= 4 is 23.5 Å². The zero-order chi connectivity index (χ0) is 19.1. The van der Waals surface area contributed by atoms with Gasteiger partial charge in [-0.05, 0) is 42.7 Å². The van der Waals surface area contributed by atoms with Gasteiger partial charge in [-0.1, -0.05) is 31.2 Å². The lowest BCUT2D eigenvalue weighted by atomic mass is 10.0. The fourth-order valence-corrected chi connectivity index (χ4v) is 2.28. The quantitative estimate of drug-likeness (QED) is 0.247. The summed E-state index contributed by atoms with van der Waals surface area (Å²) in [5, 5.41) is 10.6. The van der Waals surface area contributed by atoms with E-state index in [1.165, 1.54) is 43.3 Å². The summed E-state index contributed by atoms with van der Waals surface area (Å²) >= 11 is 0. The highest BCUT2D eigenvalue weighted by atomic mass is 16.6. The Balaban J connectivity index is 1.94. The van der Waals surface area contributed by atoms with Crippen LogP contribution in [0, 0.1) is 10.1 Å². The van der Waals surface area contributed by atoms with Gasteiger partial charge in [-0.15, -0.1) is 0 Å². The van der Waals surface area contributed by atoms with E-state index in [4.69, 9.17) is 4.74 Å². The molecule has 0 saturated heterocycles. The van der Waals surface area contributed by atoms with E-state index in [-0.39, 0.29) is 11.5 Å². The summed E-state index contributed by atoms with van der Waals surface area (Å²) in [5.74, 6) is -0.931. The van der Waals surface area contributed by atoms with Gasteiger partial charge in [-0.3, -0.25) is 14.9 Å². The number of Topliss-reactive ketones (excluding diaryl/α,β-unsaturated/α-hetero) is 1. The third-order valence-corrected chi connectivity index (χ3v) is 3.82. The fourth-order valence-electron chi connectivity index (χ4n) is 2.28. The lowest BCUT2D eigenvalue weighted by molar-refractivity contribution is -0.384. The number of nitro benzene ring substituents is 1. The molecule has 0 N–H and O–H groups in total. The Labute approximate surface area is 151 Å². The maximum atomic E-state index is 12.3. The molecule has 2 aromatic carbocycles. The Morgan fingerprint density at radius 2 is 1.73 bits per heavy atom. The Kier molecular flexibility index (Phi) is 6.38. The van der Waals surface area contributed by atoms with Gasteiger partial charge in [-0.25, -0.2) is 4.79 Å². The Hall–Kier alpha value is -3.28. The average Bonchev–Trinajstić information content (AvgIpc) is 2.66. The van der Waals surface area contributed by atoms with Gasteiger partial charge in [0.15, 0.2) is 6.10 Å². The normalized spacial score (nSPS) is 11.9. The summed E-state index contributed by atoms with van der Waals surface area (Å²) in [4.78, 5) is 34.3. The van der Waals surface area contributed by atoms with E-state index in [2.05, 4.69) is 0 Å². The first-order valence-corrected chi connectivity index (χ1v) is 8.17. The maximum Gasteiger partial charge on any atom is 0.331 e. The van der Waals surface area contributed by atoms with Gasteiger partial charge >= 0.3 is 5.97 Å². The van der Waals surface area contributed by atoms with Crippen LogP contribution in [0.15, 0.2) is 54.6 Å². The van der Waals surface area contributed by atoms with Gasteiger partial charge in [0.25, 0.3) is 5.69 Å². The molecule has 2 rings (SSSR count). The van der Waals surface area contributed by atoms with Crippen molar-refractivity contribution in [1.82, 2.24) is 0 Å². The number of esters is 1. The van der Waals surface area contributed by atoms with Crippen LogP contribution < -0.4 is 0 Å². The molecule has 1 atom stereocenters. The summed E-state index contributed by atoms with van der Waals surface area (Å²) in [6.45, 7) is 3.55. The van der Waals surface area contributed by atoms with Crippen LogP contribution in [0.1, 0.15) is 35.3 Å². The van der Waals surface area contributed by atoms with E-state index >= 15 is 0 Å². The molecule has 0 aromatic heterocycles. The molecule has 0 spiro atoms. The minimum atomic E-state index is -0.906. The zero-order valence-corrected chi connectivity index (χ0v) is 14.5. The van der Waals surface area contributed by atoms with E-state index in [9.17, 15) is 19.7 Å². The standard InChI is InChI=1S/C20H19NO5/c1-3-15-4-9-17(10-5-15)20(23)14(2)26-19(22)13-8-16-6-11-18(12-7-16)21(24)25/h4-14H,3H2,1-2H3. The van der Waals surface area contributed by atoms with Crippen molar-refractivity contribution in [3.05, 3.63) is 81.4 Å². The highest BCUT2D eigenvalue weighted by Gasteiger charge is 2.18. The molecule has 6 nitrogen and oxygen atoms in total. The summed E-state index contributed by atoms with van der Waals surface area (Å²) in [7, 11) is 0. The lowest BCUT2D eigenvalue weighted by Crippen LogP contribution is -2.23. The average molecular weight is 353 g/mol. The molecule has 0 saturated carbocycles. The van der Waals surface area contributed by atoms with Crippen molar-refractivity contribution in [2.24, 2.45) is 0 Å². The number of non-ortho nitro benzene ring substituents is 1. The third kappa shape index (κ3) is 5.11. The highest BCUT2D eigenvalue weighted by Crippen LogP contribution is 2.13. The summed E-state index contributed by atoms with van der Waals surface area (Å²) < 4.78 is 5.12. The van der Waals surface area contributed by atoms with Crippen LogP contribution in [0.5, 0.6) is 0 Å².